The summed E-state index contributed by atoms with van der Waals surface area (Å²) in [7, 11) is 0. The number of aromatic carboxylic acids is 2. The number of hydrogen-bond acceptors (Lipinski definition) is 6. The average molecular weight is 508 g/mol. The molecule has 0 spiro atoms. The molecule has 0 saturated heterocycles. The van der Waals surface area contributed by atoms with Crippen LogP contribution in [0.2, 0.25) is 0 Å². The quantitative estimate of drug-likeness (QED) is 0.269. The molecular formula is C24H28CuO8. The van der Waals surface area contributed by atoms with E-state index < -0.39 is 23.9 Å². The van der Waals surface area contributed by atoms with Crippen molar-refractivity contribution in [2.45, 2.75) is 39.5 Å². The number of carbonyl (C=O) groups excluding carboxylic acids is 2. The maximum absolute atomic E-state index is 11.6. The maximum Gasteiger partial charge on any atom is 0.339 e. The maximum atomic E-state index is 11.6. The molecule has 8 nitrogen and oxygen atoms in total. The number of carboxylic acids is 2. The fourth-order valence-corrected chi connectivity index (χ4v) is 2.47. The van der Waals surface area contributed by atoms with E-state index in [1.165, 1.54) is 24.3 Å². The average Bonchev–Trinajstić information content (AvgIpc) is 2.79. The third-order valence-corrected chi connectivity index (χ3v) is 4.22. The minimum atomic E-state index is -1.12. The van der Waals surface area contributed by atoms with E-state index in [9.17, 15) is 19.2 Å². The van der Waals surface area contributed by atoms with Crippen LogP contribution < -0.4 is 0 Å². The Labute approximate surface area is 203 Å². The van der Waals surface area contributed by atoms with Crippen molar-refractivity contribution in [1.29, 1.82) is 0 Å². The van der Waals surface area contributed by atoms with Crippen LogP contribution in [-0.4, -0.2) is 47.3 Å². The van der Waals surface area contributed by atoms with Gasteiger partial charge in [0.1, 0.15) is 0 Å². The first-order chi connectivity index (χ1) is 15.3. The van der Waals surface area contributed by atoms with E-state index in [0.717, 1.165) is 25.7 Å². The van der Waals surface area contributed by atoms with Gasteiger partial charge in [0.2, 0.25) is 0 Å². The molecule has 0 heterocycles. The molecule has 33 heavy (non-hydrogen) atoms. The van der Waals surface area contributed by atoms with Gasteiger partial charge in [-0.1, -0.05) is 51.0 Å². The number of unbranched alkanes of at least 4 members (excludes halogenated alkanes) is 2. The van der Waals surface area contributed by atoms with Crippen LogP contribution in [0.4, 0.5) is 0 Å². The largest absolute Gasteiger partial charge is 0.478 e. The number of benzene rings is 2. The second-order valence-electron chi connectivity index (χ2n) is 6.68. The van der Waals surface area contributed by atoms with Gasteiger partial charge in [0.25, 0.3) is 0 Å². The molecule has 0 bridgehead atoms. The van der Waals surface area contributed by atoms with Crippen molar-refractivity contribution in [2.75, 3.05) is 13.2 Å². The van der Waals surface area contributed by atoms with E-state index in [-0.39, 0.29) is 39.3 Å². The molecule has 0 amide bonds. The molecule has 0 aliphatic carbocycles. The second kappa shape index (κ2) is 16.5. The molecule has 183 valence electrons. The Hall–Kier alpha value is -3.16. The molecular weight excluding hydrogens is 480 g/mol. The van der Waals surface area contributed by atoms with Gasteiger partial charge >= 0.3 is 23.9 Å². The zero-order valence-corrected chi connectivity index (χ0v) is 19.4. The van der Waals surface area contributed by atoms with Crippen molar-refractivity contribution in [3.8, 4) is 0 Å². The molecule has 2 rings (SSSR count). The molecule has 2 aromatic rings. The van der Waals surface area contributed by atoms with Crippen LogP contribution in [0.15, 0.2) is 48.5 Å². The zero-order valence-electron chi connectivity index (χ0n) is 18.5. The molecule has 0 fully saturated rings. The van der Waals surface area contributed by atoms with E-state index in [2.05, 4.69) is 0 Å². The molecule has 2 N–H and O–H groups in total. The minimum Gasteiger partial charge on any atom is -0.478 e. The van der Waals surface area contributed by atoms with Gasteiger partial charge in [-0.15, -0.1) is 0 Å². The number of ether oxygens (including phenoxy) is 2. The number of hydrogen-bond donors (Lipinski definition) is 2. The van der Waals surface area contributed by atoms with Gasteiger partial charge in [0.05, 0.1) is 35.5 Å². The Kier molecular flexibility index (Phi) is 14.9. The molecule has 0 aliphatic heterocycles. The second-order valence-corrected chi connectivity index (χ2v) is 6.68. The van der Waals surface area contributed by atoms with Crippen molar-refractivity contribution < 1.29 is 55.9 Å². The van der Waals surface area contributed by atoms with Gasteiger partial charge in [-0.25, -0.2) is 19.2 Å². The first-order valence-corrected chi connectivity index (χ1v) is 10.3. The summed E-state index contributed by atoms with van der Waals surface area (Å²) in [5.74, 6) is -3.40. The summed E-state index contributed by atoms with van der Waals surface area (Å²) < 4.78 is 9.91. The summed E-state index contributed by atoms with van der Waals surface area (Å²) in [6.07, 6.45) is 3.41. The molecule has 2 aromatic carbocycles. The van der Waals surface area contributed by atoms with E-state index >= 15 is 0 Å². The van der Waals surface area contributed by atoms with Gasteiger partial charge < -0.3 is 19.7 Å². The van der Waals surface area contributed by atoms with E-state index in [0.29, 0.717) is 13.2 Å². The summed E-state index contributed by atoms with van der Waals surface area (Å²) in [5, 5.41) is 17.8. The standard InChI is InChI=1S/2C12H14O4.Cu/c2*1-2-3-8-16-12(15)10-7-5-4-6-9(10)11(13)14;/h2*4-7H,2-3,8H2,1H3,(H,13,14);. The Balaban J connectivity index is 0.000000602. The molecule has 0 aliphatic rings. The SMILES string of the molecule is CCCCOC(=O)c1ccccc1C(=O)O.CCCCOC(=O)c1ccccc1C(=O)O.[Cu]. The summed E-state index contributed by atoms with van der Waals surface area (Å²) in [6.45, 7) is 4.62. The number of carboxylic acid groups (broad SMARTS) is 2. The number of rotatable bonds is 10. The van der Waals surface area contributed by atoms with Gasteiger partial charge in [-0.05, 0) is 37.1 Å². The van der Waals surface area contributed by atoms with Crippen LogP contribution in [0.25, 0.3) is 0 Å². The van der Waals surface area contributed by atoms with Crippen LogP contribution >= 0.6 is 0 Å². The molecule has 0 saturated carbocycles. The summed E-state index contributed by atoms with van der Waals surface area (Å²) in [5.41, 5.74) is 0.158. The molecule has 0 atom stereocenters. The van der Waals surface area contributed by atoms with E-state index in [1.807, 2.05) is 13.8 Å². The zero-order chi connectivity index (χ0) is 23.9. The third-order valence-electron chi connectivity index (χ3n) is 4.22. The monoisotopic (exact) mass is 507 g/mol. The summed E-state index contributed by atoms with van der Waals surface area (Å²) in [4.78, 5) is 44.8. The Bertz CT molecular complexity index is 851. The normalized spacial score (nSPS) is 9.52. The van der Waals surface area contributed by atoms with Crippen molar-refractivity contribution in [3.63, 3.8) is 0 Å². The summed E-state index contributed by atoms with van der Waals surface area (Å²) >= 11 is 0. The van der Waals surface area contributed by atoms with Gasteiger partial charge in [0.15, 0.2) is 0 Å². The number of esters is 2. The van der Waals surface area contributed by atoms with Crippen LogP contribution in [0.3, 0.4) is 0 Å². The number of carbonyl (C=O) groups is 4. The van der Waals surface area contributed by atoms with Gasteiger partial charge in [-0.2, -0.15) is 0 Å². The predicted octanol–water partition coefficient (Wildman–Crippen LogP) is 4.68. The molecule has 9 heteroatoms. The topological polar surface area (TPSA) is 127 Å². The first kappa shape index (κ1) is 29.8. The van der Waals surface area contributed by atoms with Crippen LogP contribution in [0.1, 0.15) is 81.0 Å². The Morgan fingerprint density at radius 3 is 1.21 bits per heavy atom. The Morgan fingerprint density at radius 1 is 0.636 bits per heavy atom. The van der Waals surface area contributed by atoms with Crippen molar-refractivity contribution in [3.05, 3.63) is 70.8 Å². The summed E-state index contributed by atoms with van der Waals surface area (Å²) in [6, 6.07) is 12.1. The van der Waals surface area contributed by atoms with Crippen molar-refractivity contribution >= 4 is 23.9 Å². The smallest absolute Gasteiger partial charge is 0.339 e. The van der Waals surface area contributed by atoms with Crippen LogP contribution in [0.5, 0.6) is 0 Å². The van der Waals surface area contributed by atoms with Crippen LogP contribution in [0, 0.1) is 0 Å². The fourth-order valence-electron chi connectivity index (χ4n) is 2.47. The van der Waals surface area contributed by atoms with Crippen molar-refractivity contribution in [2.24, 2.45) is 0 Å². The minimum absolute atomic E-state index is 0. The first-order valence-electron chi connectivity index (χ1n) is 10.3. The predicted molar refractivity (Wildman–Crippen MR) is 117 cm³/mol. The van der Waals surface area contributed by atoms with E-state index in [4.69, 9.17) is 19.7 Å². The van der Waals surface area contributed by atoms with Crippen LogP contribution in [-0.2, 0) is 26.5 Å². The molecule has 1 radical (unpaired) electrons. The molecule has 0 aromatic heterocycles. The third kappa shape index (κ3) is 10.3. The Morgan fingerprint density at radius 2 is 0.939 bits per heavy atom. The van der Waals surface area contributed by atoms with Crippen molar-refractivity contribution in [1.82, 2.24) is 0 Å². The van der Waals surface area contributed by atoms with E-state index in [1.54, 1.807) is 24.3 Å². The molecule has 0 unspecified atom stereocenters. The van der Waals surface area contributed by atoms with Gasteiger partial charge in [-0.3, -0.25) is 0 Å². The van der Waals surface area contributed by atoms with Gasteiger partial charge in [0, 0.05) is 17.1 Å². The fraction of sp³-hybridized carbons (Fsp3) is 0.333.